The first-order chi connectivity index (χ1) is 9.88. The van der Waals surface area contributed by atoms with E-state index in [1.807, 2.05) is 0 Å². The van der Waals surface area contributed by atoms with Crippen LogP contribution in [-0.2, 0) is 0 Å². The molecule has 0 atom stereocenters. The number of hydrogen-bond acceptors (Lipinski definition) is 4. The molecule has 0 aliphatic heterocycles. The maximum atomic E-state index is 11.2. The van der Waals surface area contributed by atoms with Gasteiger partial charge in [0.1, 0.15) is 0 Å². The van der Waals surface area contributed by atoms with Crippen molar-refractivity contribution in [2.75, 3.05) is 0 Å². The summed E-state index contributed by atoms with van der Waals surface area (Å²) in [6.07, 6.45) is 0. The molecule has 0 bridgehead atoms. The van der Waals surface area contributed by atoms with Crippen molar-refractivity contribution < 1.29 is 14.8 Å². The average molecular weight is 344 g/mol. The molecule has 1 N–H and O–H groups in total. The number of halogens is 2. The standard InChI is InChI=1S/C13H7Cl2NO4S/c14-10-3-2-8(6-11(10)15)21-12-4-1-7(16(19)20)5-9(12)13(17)18/h1-6H,(H,17,18). The van der Waals surface area contributed by atoms with Crippen molar-refractivity contribution in [2.24, 2.45) is 0 Å². The van der Waals surface area contributed by atoms with E-state index in [0.717, 1.165) is 17.8 Å². The van der Waals surface area contributed by atoms with Crippen molar-refractivity contribution in [3.63, 3.8) is 0 Å². The van der Waals surface area contributed by atoms with Crippen molar-refractivity contribution >= 4 is 46.6 Å². The van der Waals surface area contributed by atoms with Gasteiger partial charge in [-0.05, 0) is 24.3 Å². The van der Waals surface area contributed by atoms with Gasteiger partial charge in [0.15, 0.2) is 0 Å². The zero-order chi connectivity index (χ0) is 15.6. The predicted octanol–water partition coefficient (Wildman–Crippen LogP) is 4.75. The highest BCUT2D eigenvalue weighted by Gasteiger charge is 2.17. The molecule has 108 valence electrons. The van der Waals surface area contributed by atoms with Crippen LogP contribution in [0.1, 0.15) is 10.4 Å². The lowest BCUT2D eigenvalue weighted by atomic mass is 10.2. The molecule has 0 spiro atoms. The molecule has 0 aliphatic rings. The largest absolute Gasteiger partial charge is 0.478 e. The van der Waals surface area contributed by atoms with Crippen LogP contribution in [0.4, 0.5) is 5.69 Å². The maximum absolute atomic E-state index is 11.2. The molecule has 2 aromatic rings. The van der Waals surface area contributed by atoms with Crippen LogP contribution in [-0.4, -0.2) is 16.0 Å². The molecule has 5 nitrogen and oxygen atoms in total. The Morgan fingerprint density at radius 1 is 1.14 bits per heavy atom. The van der Waals surface area contributed by atoms with Crippen LogP contribution in [0, 0.1) is 10.1 Å². The molecular weight excluding hydrogens is 337 g/mol. The van der Waals surface area contributed by atoms with Gasteiger partial charge >= 0.3 is 5.97 Å². The third kappa shape index (κ3) is 3.66. The summed E-state index contributed by atoms with van der Waals surface area (Å²) in [5.41, 5.74) is -0.411. The summed E-state index contributed by atoms with van der Waals surface area (Å²) < 4.78 is 0. The monoisotopic (exact) mass is 343 g/mol. The first-order valence-electron chi connectivity index (χ1n) is 5.53. The number of rotatable bonds is 4. The fourth-order valence-corrected chi connectivity index (χ4v) is 2.88. The third-order valence-electron chi connectivity index (χ3n) is 2.52. The second-order valence-electron chi connectivity index (χ2n) is 3.92. The summed E-state index contributed by atoms with van der Waals surface area (Å²) in [7, 11) is 0. The SMILES string of the molecule is O=C(O)c1cc([N+](=O)[O-])ccc1Sc1ccc(Cl)c(Cl)c1. The second-order valence-corrected chi connectivity index (χ2v) is 5.85. The lowest BCUT2D eigenvalue weighted by molar-refractivity contribution is -0.384. The Labute approximate surface area is 133 Å². The number of carboxylic acids is 1. The summed E-state index contributed by atoms with van der Waals surface area (Å²) in [6.45, 7) is 0. The summed E-state index contributed by atoms with van der Waals surface area (Å²) >= 11 is 12.8. The van der Waals surface area contributed by atoms with Crippen molar-refractivity contribution in [1.82, 2.24) is 0 Å². The quantitative estimate of drug-likeness (QED) is 0.639. The number of nitro groups is 1. The zero-order valence-corrected chi connectivity index (χ0v) is 12.6. The molecule has 8 heteroatoms. The second kappa shape index (κ2) is 6.34. The van der Waals surface area contributed by atoms with E-state index in [9.17, 15) is 14.9 Å². The summed E-state index contributed by atoms with van der Waals surface area (Å²) in [5.74, 6) is -1.23. The van der Waals surface area contributed by atoms with Crippen LogP contribution in [0.15, 0.2) is 46.2 Å². The van der Waals surface area contributed by atoms with E-state index in [1.165, 1.54) is 12.1 Å². The average Bonchev–Trinajstić information content (AvgIpc) is 2.43. The zero-order valence-electron chi connectivity index (χ0n) is 10.2. The fraction of sp³-hybridized carbons (Fsp3) is 0. The van der Waals surface area contributed by atoms with Gasteiger partial charge in [-0.3, -0.25) is 10.1 Å². The number of nitrogens with zero attached hydrogens (tertiary/aromatic N) is 1. The number of carbonyl (C=O) groups is 1. The minimum Gasteiger partial charge on any atom is -0.478 e. The molecule has 2 aromatic carbocycles. The Hall–Kier alpha value is -1.76. The van der Waals surface area contributed by atoms with Crippen LogP contribution < -0.4 is 0 Å². The van der Waals surface area contributed by atoms with Gasteiger partial charge < -0.3 is 5.11 Å². The van der Waals surface area contributed by atoms with E-state index in [4.69, 9.17) is 28.3 Å². The molecule has 2 rings (SSSR count). The number of aromatic carboxylic acids is 1. The smallest absolute Gasteiger partial charge is 0.337 e. The predicted molar refractivity (Wildman–Crippen MR) is 80.6 cm³/mol. The van der Waals surface area contributed by atoms with Crippen LogP contribution >= 0.6 is 35.0 Å². The van der Waals surface area contributed by atoms with Crippen LogP contribution in [0.3, 0.4) is 0 Å². The number of non-ortho nitro benzene ring substituents is 1. The van der Waals surface area contributed by atoms with E-state index in [-0.39, 0.29) is 11.3 Å². The van der Waals surface area contributed by atoms with Crippen molar-refractivity contribution in [2.45, 2.75) is 9.79 Å². The van der Waals surface area contributed by atoms with Crippen LogP contribution in [0.5, 0.6) is 0 Å². The first kappa shape index (κ1) is 15.6. The van der Waals surface area contributed by atoms with Gasteiger partial charge in [0.25, 0.3) is 5.69 Å². The van der Waals surface area contributed by atoms with Crippen molar-refractivity contribution in [3.05, 3.63) is 62.1 Å². The van der Waals surface area contributed by atoms with Crippen molar-refractivity contribution in [1.29, 1.82) is 0 Å². The Morgan fingerprint density at radius 3 is 2.43 bits per heavy atom. The first-order valence-corrected chi connectivity index (χ1v) is 7.10. The number of nitro benzene ring substituents is 1. The molecule has 21 heavy (non-hydrogen) atoms. The number of hydrogen-bond donors (Lipinski definition) is 1. The topological polar surface area (TPSA) is 80.4 Å². The minimum absolute atomic E-state index is 0.139. The molecule has 0 fully saturated rings. The van der Waals surface area contributed by atoms with Gasteiger partial charge in [-0.1, -0.05) is 35.0 Å². The van der Waals surface area contributed by atoms with Gasteiger partial charge in [0.2, 0.25) is 0 Å². The summed E-state index contributed by atoms with van der Waals surface area (Å²) in [4.78, 5) is 22.3. The minimum atomic E-state index is -1.23. The lowest BCUT2D eigenvalue weighted by Crippen LogP contribution is -2.00. The molecular formula is C13H7Cl2NO4S. The Kier molecular flexibility index (Phi) is 4.72. The Morgan fingerprint density at radius 2 is 1.86 bits per heavy atom. The number of carboxylic acid groups (broad SMARTS) is 1. The highest BCUT2D eigenvalue weighted by molar-refractivity contribution is 7.99. The molecule has 0 radical (unpaired) electrons. The maximum Gasteiger partial charge on any atom is 0.337 e. The van der Waals surface area contributed by atoms with Gasteiger partial charge in [0, 0.05) is 21.9 Å². The molecule has 0 heterocycles. The molecule has 0 aromatic heterocycles. The third-order valence-corrected chi connectivity index (χ3v) is 4.33. The summed E-state index contributed by atoms with van der Waals surface area (Å²) in [5, 5.41) is 20.6. The molecule has 0 aliphatic carbocycles. The molecule has 0 unspecified atom stereocenters. The molecule has 0 amide bonds. The van der Waals surface area contributed by atoms with Crippen LogP contribution in [0.2, 0.25) is 10.0 Å². The van der Waals surface area contributed by atoms with Crippen LogP contribution in [0.25, 0.3) is 0 Å². The van der Waals surface area contributed by atoms with Gasteiger partial charge in [-0.25, -0.2) is 4.79 Å². The van der Waals surface area contributed by atoms with E-state index in [2.05, 4.69) is 0 Å². The van der Waals surface area contributed by atoms with E-state index >= 15 is 0 Å². The van der Waals surface area contributed by atoms with Gasteiger partial charge in [-0.15, -0.1) is 0 Å². The van der Waals surface area contributed by atoms with E-state index < -0.39 is 10.9 Å². The Bertz CT molecular complexity index is 736. The molecule has 0 saturated carbocycles. The van der Waals surface area contributed by atoms with Gasteiger partial charge in [-0.2, -0.15) is 0 Å². The fourth-order valence-electron chi connectivity index (χ4n) is 1.55. The summed E-state index contributed by atoms with van der Waals surface area (Å²) in [6, 6.07) is 8.56. The highest BCUT2D eigenvalue weighted by Crippen LogP contribution is 2.35. The van der Waals surface area contributed by atoms with E-state index in [1.54, 1.807) is 18.2 Å². The Balaban J connectivity index is 2.41. The molecule has 0 saturated heterocycles. The van der Waals surface area contributed by atoms with Crippen molar-refractivity contribution in [3.8, 4) is 0 Å². The lowest BCUT2D eigenvalue weighted by Gasteiger charge is -2.06. The number of benzene rings is 2. The van der Waals surface area contributed by atoms with E-state index in [0.29, 0.717) is 19.8 Å². The van der Waals surface area contributed by atoms with Gasteiger partial charge in [0.05, 0.1) is 20.5 Å². The normalized spacial score (nSPS) is 10.4. The highest BCUT2D eigenvalue weighted by atomic mass is 35.5.